The number of benzene rings is 2. The molecule has 0 radical (unpaired) electrons. The van der Waals surface area contributed by atoms with Gasteiger partial charge in [-0.2, -0.15) is 4.31 Å². The number of halogens is 2. The molecular formula is C20H21ClFN3O3S. The maximum atomic E-state index is 13.2. The molecule has 9 heteroatoms. The van der Waals surface area contributed by atoms with Crippen LogP contribution in [0.1, 0.15) is 18.4 Å². The molecule has 2 heterocycles. The molecule has 0 unspecified atom stereocenters. The molecule has 0 atom stereocenters. The zero-order valence-corrected chi connectivity index (χ0v) is 17.2. The Morgan fingerprint density at radius 2 is 1.66 bits per heavy atom. The maximum Gasteiger partial charge on any atom is 0.243 e. The smallest absolute Gasteiger partial charge is 0.243 e. The van der Waals surface area contributed by atoms with Crippen LogP contribution in [-0.4, -0.2) is 48.8 Å². The average Bonchev–Trinajstić information content (AvgIpc) is 3.00. The Hall–Kier alpha value is -2.00. The van der Waals surface area contributed by atoms with Gasteiger partial charge in [-0.15, -0.1) is 0 Å². The van der Waals surface area contributed by atoms with Gasteiger partial charge in [-0.25, -0.2) is 12.8 Å². The summed E-state index contributed by atoms with van der Waals surface area (Å²) in [5.41, 5.74) is 0.247. The van der Waals surface area contributed by atoms with Gasteiger partial charge in [0.05, 0.1) is 17.1 Å². The Labute approximate surface area is 174 Å². The monoisotopic (exact) mass is 437 g/mol. The van der Waals surface area contributed by atoms with E-state index < -0.39 is 15.7 Å². The van der Waals surface area contributed by atoms with E-state index in [4.69, 9.17) is 11.6 Å². The molecular weight excluding hydrogens is 417 g/mol. The third-order valence-electron chi connectivity index (χ3n) is 5.64. The summed E-state index contributed by atoms with van der Waals surface area (Å²) in [6, 6.07) is 12.2. The second-order valence-corrected chi connectivity index (χ2v) is 9.72. The van der Waals surface area contributed by atoms with Crippen LogP contribution in [0, 0.1) is 5.82 Å². The summed E-state index contributed by atoms with van der Waals surface area (Å²) in [5, 5.41) is 3.76. The molecule has 0 aromatic heterocycles. The average molecular weight is 438 g/mol. The van der Waals surface area contributed by atoms with Crippen molar-refractivity contribution in [2.24, 2.45) is 0 Å². The van der Waals surface area contributed by atoms with Crippen LogP contribution in [0.15, 0.2) is 53.4 Å². The van der Waals surface area contributed by atoms with Crippen molar-refractivity contribution in [2.45, 2.75) is 29.9 Å². The zero-order chi connectivity index (χ0) is 20.6. The zero-order valence-electron chi connectivity index (χ0n) is 15.6. The first-order chi connectivity index (χ1) is 13.8. The second-order valence-electron chi connectivity index (χ2n) is 7.35. The number of nitrogens with zero attached hydrogens (tertiary/aromatic N) is 2. The molecule has 154 valence electrons. The molecule has 2 saturated heterocycles. The standard InChI is InChI=1S/C20H21ClFN3O3S/c21-16-3-7-18(8-4-16)29(27,28)24-11-9-20(10-12-24)23-13-19(26)25(20)14-15-1-5-17(22)6-2-15/h1-8,23H,9-14H2. The first-order valence-corrected chi connectivity index (χ1v) is 11.2. The highest BCUT2D eigenvalue weighted by Gasteiger charge is 2.48. The molecule has 1 amide bonds. The van der Waals surface area contributed by atoms with Gasteiger partial charge in [0.25, 0.3) is 0 Å². The van der Waals surface area contributed by atoms with E-state index in [9.17, 15) is 17.6 Å². The van der Waals surface area contributed by atoms with Crippen LogP contribution in [0.4, 0.5) is 4.39 Å². The van der Waals surface area contributed by atoms with E-state index in [1.54, 1.807) is 29.2 Å². The van der Waals surface area contributed by atoms with Crippen molar-refractivity contribution in [2.75, 3.05) is 19.6 Å². The fraction of sp³-hybridized carbons (Fsp3) is 0.350. The molecule has 0 aliphatic carbocycles. The van der Waals surface area contributed by atoms with Crippen molar-refractivity contribution in [3.05, 3.63) is 64.9 Å². The van der Waals surface area contributed by atoms with Crippen LogP contribution in [0.3, 0.4) is 0 Å². The highest BCUT2D eigenvalue weighted by molar-refractivity contribution is 7.89. The van der Waals surface area contributed by atoms with E-state index in [0.29, 0.717) is 37.5 Å². The molecule has 29 heavy (non-hydrogen) atoms. The maximum absolute atomic E-state index is 13.2. The van der Waals surface area contributed by atoms with Gasteiger partial charge >= 0.3 is 0 Å². The molecule has 0 bridgehead atoms. The van der Waals surface area contributed by atoms with Crippen molar-refractivity contribution in [1.29, 1.82) is 0 Å². The molecule has 4 rings (SSSR count). The van der Waals surface area contributed by atoms with Crippen molar-refractivity contribution < 1.29 is 17.6 Å². The number of sulfonamides is 1. The number of hydrogen-bond donors (Lipinski definition) is 1. The van der Waals surface area contributed by atoms with Gasteiger partial charge in [-0.05, 0) is 54.8 Å². The lowest BCUT2D eigenvalue weighted by Crippen LogP contribution is -2.58. The van der Waals surface area contributed by atoms with E-state index in [1.807, 2.05) is 0 Å². The largest absolute Gasteiger partial charge is 0.319 e. The molecule has 0 saturated carbocycles. The van der Waals surface area contributed by atoms with Crippen LogP contribution in [0.5, 0.6) is 0 Å². The van der Waals surface area contributed by atoms with Crippen LogP contribution < -0.4 is 5.32 Å². The quantitative estimate of drug-likeness (QED) is 0.798. The third-order valence-corrected chi connectivity index (χ3v) is 7.81. The summed E-state index contributed by atoms with van der Waals surface area (Å²) in [7, 11) is -3.62. The van der Waals surface area contributed by atoms with Crippen LogP contribution in [0.2, 0.25) is 5.02 Å². The molecule has 2 aliphatic rings. The number of hydrogen-bond acceptors (Lipinski definition) is 4. The lowest BCUT2D eigenvalue weighted by Gasteiger charge is -2.44. The minimum Gasteiger partial charge on any atom is -0.319 e. The molecule has 6 nitrogen and oxygen atoms in total. The van der Waals surface area contributed by atoms with E-state index >= 15 is 0 Å². The van der Waals surface area contributed by atoms with Crippen LogP contribution in [0.25, 0.3) is 0 Å². The number of piperidine rings is 1. The SMILES string of the molecule is O=C1CNC2(CCN(S(=O)(=O)c3ccc(Cl)cc3)CC2)N1Cc1ccc(F)cc1. The molecule has 2 aromatic carbocycles. The third kappa shape index (κ3) is 3.90. The first kappa shape index (κ1) is 20.3. The van der Waals surface area contributed by atoms with Gasteiger partial charge in [0, 0.05) is 24.7 Å². The second kappa shape index (κ2) is 7.68. The van der Waals surface area contributed by atoms with Gasteiger partial charge in [0.2, 0.25) is 15.9 Å². The number of nitrogens with one attached hydrogen (secondary N) is 1. The number of carbonyl (C=O) groups excluding carboxylic acids is 1. The van der Waals surface area contributed by atoms with Gasteiger partial charge in [0.15, 0.2) is 0 Å². The molecule has 2 aliphatic heterocycles. The highest BCUT2D eigenvalue weighted by Crippen LogP contribution is 2.33. The lowest BCUT2D eigenvalue weighted by molar-refractivity contribution is -0.132. The fourth-order valence-corrected chi connectivity index (χ4v) is 5.55. The van der Waals surface area contributed by atoms with Gasteiger partial charge in [-0.3, -0.25) is 10.1 Å². The van der Waals surface area contributed by atoms with Crippen LogP contribution >= 0.6 is 11.6 Å². The molecule has 2 fully saturated rings. The number of carbonyl (C=O) groups is 1. The Bertz CT molecular complexity index is 1000. The van der Waals surface area contributed by atoms with E-state index in [1.165, 1.54) is 28.6 Å². The Kier molecular flexibility index (Phi) is 5.37. The van der Waals surface area contributed by atoms with E-state index in [0.717, 1.165) is 5.56 Å². The molecule has 2 aromatic rings. The summed E-state index contributed by atoms with van der Waals surface area (Å²) in [6.45, 7) is 1.16. The highest BCUT2D eigenvalue weighted by atomic mass is 35.5. The van der Waals surface area contributed by atoms with Gasteiger partial charge in [-0.1, -0.05) is 23.7 Å². The number of rotatable bonds is 4. The summed E-state index contributed by atoms with van der Waals surface area (Å²) >= 11 is 5.86. The first-order valence-electron chi connectivity index (χ1n) is 9.36. The molecule has 1 spiro atoms. The number of amides is 1. The molecule has 1 N–H and O–H groups in total. The van der Waals surface area contributed by atoms with Crippen molar-refractivity contribution in [3.8, 4) is 0 Å². The van der Waals surface area contributed by atoms with Gasteiger partial charge in [0.1, 0.15) is 5.82 Å². The van der Waals surface area contributed by atoms with Crippen molar-refractivity contribution in [1.82, 2.24) is 14.5 Å². The van der Waals surface area contributed by atoms with E-state index in [-0.39, 0.29) is 23.2 Å². The predicted octanol–water partition coefficient (Wildman–Crippen LogP) is 2.59. The summed E-state index contributed by atoms with van der Waals surface area (Å²) in [6.07, 6.45) is 0.958. The van der Waals surface area contributed by atoms with Gasteiger partial charge < -0.3 is 4.90 Å². The Morgan fingerprint density at radius 1 is 1.03 bits per heavy atom. The Morgan fingerprint density at radius 3 is 2.28 bits per heavy atom. The lowest BCUT2D eigenvalue weighted by atomic mass is 9.96. The predicted molar refractivity (Wildman–Crippen MR) is 107 cm³/mol. The summed E-state index contributed by atoms with van der Waals surface area (Å²) in [4.78, 5) is 14.5. The van der Waals surface area contributed by atoms with Crippen molar-refractivity contribution >= 4 is 27.5 Å². The topological polar surface area (TPSA) is 69.7 Å². The van der Waals surface area contributed by atoms with E-state index in [2.05, 4.69) is 5.32 Å². The minimum absolute atomic E-state index is 0.0386. The summed E-state index contributed by atoms with van der Waals surface area (Å²) < 4.78 is 40.5. The normalized spacial score (nSPS) is 19.8. The summed E-state index contributed by atoms with van der Waals surface area (Å²) in [5.74, 6) is -0.363. The minimum atomic E-state index is -3.62. The van der Waals surface area contributed by atoms with Crippen LogP contribution in [-0.2, 0) is 21.4 Å². The Balaban J connectivity index is 1.50. The fourth-order valence-electron chi connectivity index (χ4n) is 3.98. The van der Waals surface area contributed by atoms with Crippen molar-refractivity contribution in [3.63, 3.8) is 0 Å².